The van der Waals surface area contributed by atoms with Crippen molar-refractivity contribution in [3.8, 4) is 5.69 Å². The van der Waals surface area contributed by atoms with E-state index in [1.807, 2.05) is 36.6 Å². The van der Waals surface area contributed by atoms with Gasteiger partial charge in [-0.05, 0) is 91.2 Å². The first-order valence-corrected chi connectivity index (χ1v) is 11.8. The number of hydrogen-bond acceptors (Lipinski definition) is 3. The first kappa shape index (κ1) is 22.7. The molecule has 1 N–H and O–H groups in total. The molecule has 0 atom stereocenters. The average Bonchev–Trinajstić information content (AvgIpc) is 3.26. The van der Waals surface area contributed by atoms with Crippen LogP contribution in [-0.2, 0) is 6.42 Å². The molecule has 0 saturated heterocycles. The van der Waals surface area contributed by atoms with E-state index in [0.29, 0.717) is 16.2 Å². The molecule has 33 heavy (non-hydrogen) atoms. The number of nitrogens with one attached hydrogen (secondary N) is 1. The number of hydrogen-bond donors (Lipinski definition) is 1. The van der Waals surface area contributed by atoms with Crippen molar-refractivity contribution >= 4 is 33.1 Å². The Kier molecular flexibility index (Phi) is 6.84. The number of fused-ring (bicyclic) bond motifs is 1. The van der Waals surface area contributed by atoms with Crippen molar-refractivity contribution in [3.05, 3.63) is 105 Å². The minimum atomic E-state index is -0.470. The molecule has 2 aromatic carbocycles. The van der Waals surface area contributed by atoms with Crippen LogP contribution in [0, 0.1) is 12.7 Å². The van der Waals surface area contributed by atoms with Crippen molar-refractivity contribution in [3.63, 3.8) is 0 Å². The van der Waals surface area contributed by atoms with Gasteiger partial charge in [0.25, 0.3) is 11.5 Å². The number of amides is 1. The van der Waals surface area contributed by atoms with Gasteiger partial charge in [-0.25, -0.2) is 4.39 Å². The van der Waals surface area contributed by atoms with Crippen molar-refractivity contribution in [2.45, 2.75) is 33.1 Å². The molecule has 0 aliphatic rings. The van der Waals surface area contributed by atoms with Gasteiger partial charge in [-0.15, -0.1) is 11.3 Å². The Morgan fingerprint density at radius 3 is 2.61 bits per heavy atom. The number of aryl methyl sites for hydroxylation is 2. The largest absolute Gasteiger partial charge is 0.322 e. The van der Waals surface area contributed by atoms with E-state index < -0.39 is 11.5 Å². The molecular weight excluding hydrogens is 435 g/mol. The molecule has 0 radical (unpaired) electrons. The summed E-state index contributed by atoms with van der Waals surface area (Å²) in [5, 5.41) is 5.51. The highest BCUT2D eigenvalue weighted by Crippen LogP contribution is 2.24. The average molecular weight is 461 g/mol. The zero-order valence-electron chi connectivity index (χ0n) is 18.6. The Bertz CT molecular complexity index is 1380. The number of pyridine rings is 1. The molecule has 0 fully saturated rings. The Balaban J connectivity index is 1.63. The lowest BCUT2D eigenvalue weighted by Crippen LogP contribution is -2.28. The topological polar surface area (TPSA) is 51.1 Å². The van der Waals surface area contributed by atoms with Crippen LogP contribution in [0.1, 0.15) is 41.3 Å². The van der Waals surface area contributed by atoms with Crippen LogP contribution in [0.25, 0.3) is 15.9 Å². The molecule has 4 nitrogen and oxygen atoms in total. The molecule has 4 rings (SSSR count). The SMILES string of the molecule is CCC=CCCc1ccc(NC(=O)c2cc3ccsc3n(-c3ccc(F)cc3)c2=O)cc1C. The van der Waals surface area contributed by atoms with E-state index in [-0.39, 0.29) is 11.4 Å². The molecule has 2 aromatic heterocycles. The molecule has 0 spiro atoms. The van der Waals surface area contributed by atoms with E-state index in [9.17, 15) is 14.0 Å². The van der Waals surface area contributed by atoms with E-state index in [4.69, 9.17) is 0 Å². The summed E-state index contributed by atoms with van der Waals surface area (Å²) < 4.78 is 14.9. The number of anilines is 1. The Morgan fingerprint density at radius 1 is 1.09 bits per heavy atom. The lowest BCUT2D eigenvalue weighted by atomic mass is 10.0. The van der Waals surface area contributed by atoms with Gasteiger partial charge in [0.1, 0.15) is 16.2 Å². The van der Waals surface area contributed by atoms with E-state index >= 15 is 0 Å². The summed E-state index contributed by atoms with van der Waals surface area (Å²) in [4.78, 5) is 27.1. The highest BCUT2D eigenvalue weighted by atomic mass is 32.1. The molecule has 0 aliphatic carbocycles. The Labute approximate surface area is 196 Å². The van der Waals surface area contributed by atoms with Crippen molar-refractivity contribution in [1.82, 2.24) is 4.57 Å². The van der Waals surface area contributed by atoms with Crippen LogP contribution in [0.5, 0.6) is 0 Å². The molecule has 0 bridgehead atoms. The van der Waals surface area contributed by atoms with Gasteiger partial charge in [0.15, 0.2) is 0 Å². The summed E-state index contributed by atoms with van der Waals surface area (Å²) in [5.41, 5.74) is 3.08. The third-order valence-corrected chi connectivity index (χ3v) is 6.44. The Morgan fingerprint density at radius 2 is 1.88 bits per heavy atom. The number of rotatable bonds is 7. The lowest BCUT2D eigenvalue weighted by Gasteiger charge is -2.12. The molecule has 6 heteroatoms. The molecule has 168 valence electrons. The maximum absolute atomic E-state index is 13.4. The van der Waals surface area contributed by atoms with E-state index in [2.05, 4.69) is 24.4 Å². The van der Waals surface area contributed by atoms with E-state index in [1.54, 1.807) is 6.07 Å². The summed E-state index contributed by atoms with van der Waals surface area (Å²) in [6.07, 6.45) is 7.29. The normalized spacial score (nSPS) is 11.4. The quantitative estimate of drug-likeness (QED) is 0.314. The van der Waals surface area contributed by atoms with Crippen LogP contribution in [0.3, 0.4) is 0 Å². The summed E-state index contributed by atoms with van der Waals surface area (Å²) in [5.74, 6) is -0.856. The first-order chi connectivity index (χ1) is 16.0. The minimum Gasteiger partial charge on any atom is -0.322 e. The lowest BCUT2D eigenvalue weighted by molar-refractivity contribution is 0.102. The van der Waals surface area contributed by atoms with Crippen molar-refractivity contribution < 1.29 is 9.18 Å². The molecule has 1 amide bonds. The number of aromatic nitrogens is 1. The highest BCUT2D eigenvalue weighted by molar-refractivity contribution is 7.16. The monoisotopic (exact) mass is 460 g/mol. The van der Waals surface area contributed by atoms with Gasteiger partial charge in [0.05, 0.1) is 5.69 Å². The number of thiophene rings is 1. The third kappa shape index (κ3) is 4.96. The van der Waals surface area contributed by atoms with Crippen molar-refractivity contribution in [2.24, 2.45) is 0 Å². The Hall–Kier alpha value is -3.51. The second kappa shape index (κ2) is 9.96. The zero-order chi connectivity index (χ0) is 23.4. The maximum atomic E-state index is 13.4. The molecule has 0 unspecified atom stereocenters. The van der Waals surface area contributed by atoms with E-state index in [0.717, 1.165) is 30.2 Å². The van der Waals surface area contributed by atoms with Crippen LogP contribution in [0.15, 0.2) is 76.9 Å². The van der Waals surface area contributed by atoms with Gasteiger partial charge >= 0.3 is 0 Å². The molecule has 0 aliphatic heterocycles. The van der Waals surface area contributed by atoms with Crippen LogP contribution < -0.4 is 10.9 Å². The fourth-order valence-corrected chi connectivity index (χ4v) is 4.70. The molecule has 0 saturated carbocycles. The second-order valence-corrected chi connectivity index (χ2v) is 8.76. The van der Waals surface area contributed by atoms with Gasteiger partial charge < -0.3 is 5.32 Å². The number of nitrogens with zero attached hydrogens (tertiary/aromatic N) is 1. The van der Waals surface area contributed by atoms with Gasteiger partial charge in [-0.1, -0.05) is 25.1 Å². The first-order valence-electron chi connectivity index (χ1n) is 10.9. The third-order valence-electron chi connectivity index (χ3n) is 5.52. The fraction of sp³-hybridized carbons (Fsp3) is 0.185. The van der Waals surface area contributed by atoms with Gasteiger partial charge in [-0.2, -0.15) is 0 Å². The van der Waals surface area contributed by atoms with Crippen LogP contribution in [0.2, 0.25) is 0 Å². The maximum Gasteiger partial charge on any atom is 0.269 e. The molecule has 4 aromatic rings. The minimum absolute atomic E-state index is 0.0386. The van der Waals surface area contributed by atoms with Crippen LogP contribution >= 0.6 is 11.3 Å². The van der Waals surface area contributed by atoms with E-state index in [1.165, 1.54) is 45.7 Å². The second-order valence-electron chi connectivity index (χ2n) is 7.87. The number of benzene rings is 2. The standard InChI is InChI=1S/C27H25FN2O2S/c1-3-4-5-6-7-19-8-11-22(16-18(19)2)29-25(31)24-17-20-14-15-33-27(20)30(26(24)32)23-12-9-21(28)10-13-23/h4-5,8-17H,3,6-7H2,1-2H3,(H,29,31). The highest BCUT2D eigenvalue weighted by Gasteiger charge is 2.18. The van der Waals surface area contributed by atoms with Gasteiger partial charge in [-0.3, -0.25) is 14.2 Å². The zero-order valence-corrected chi connectivity index (χ0v) is 19.4. The van der Waals surface area contributed by atoms with Crippen LogP contribution in [0.4, 0.5) is 10.1 Å². The summed E-state index contributed by atoms with van der Waals surface area (Å²) in [6.45, 7) is 4.14. The number of halogens is 1. The molecular formula is C27H25FN2O2S. The smallest absolute Gasteiger partial charge is 0.269 e. The van der Waals surface area contributed by atoms with Crippen molar-refractivity contribution in [2.75, 3.05) is 5.32 Å². The van der Waals surface area contributed by atoms with Crippen molar-refractivity contribution in [1.29, 1.82) is 0 Å². The summed E-state index contributed by atoms with van der Waals surface area (Å²) in [6, 6.07) is 15.0. The number of allylic oxidation sites excluding steroid dienone is 2. The molecule has 2 heterocycles. The van der Waals surface area contributed by atoms with Gasteiger partial charge in [0, 0.05) is 11.1 Å². The predicted octanol–water partition coefficient (Wildman–Crippen LogP) is 6.65. The summed E-state index contributed by atoms with van der Waals surface area (Å²) >= 11 is 1.40. The number of carbonyl (C=O) groups is 1. The fourth-order valence-electron chi connectivity index (χ4n) is 3.80. The predicted molar refractivity (Wildman–Crippen MR) is 134 cm³/mol. The number of carbonyl (C=O) groups excluding carboxylic acids is 1. The summed E-state index contributed by atoms with van der Waals surface area (Å²) in [7, 11) is 0. The van der Waals surface area contributed by atoms with Crippen LogP contribution in [-0.4, -0.2) is 10.5 Å². The van der Waals surface area contributed by atoms with Gasteiger partial charge in [0.2, 0.25) is 0 Å².